The number of hydrogen-bond donors (Lipinski definition) is 0. The van der Waals surface area contributed by atoms with Gasteiger partial charge < -0.3 is 0 Å². The first-order chi connectivity index (χ1) is 9.37. The zero-order valence-corrected chi connectivity index (χ0v) is 12.8. The highest BCUT2D eigenvalue weighted by Gasteiger charge is 2.19. The third-order valence-corrected chi connectivity index (χ3v) is 3.43. The summed E-state index contributed by atoms with van der Waals surface area (Å²) in [6.45, 7) is 8.80. The van der Waals surface area contributed by atoms with Crippen LogP contribution in [-0.4, -0.2) is 10.8 Å². The number of pyridine rings is 1. The molecule has 0 radical (unpaired) electrons. The highest BCUT2D eigenvalue weighted by Crippen LogP contribution is 2.27. The monoisotopic (exact) mass is 269 g/mol. The minimum Gasteiger partial charge on any atom is -0.294 e. The quantitative estimate of drug-likeness (QED) is 0.740. The molecule has 1 aromatic carbocycles. The van der Waals surface area contributed by atoms with Gasteiger partial charge in [0.05, 0.1) is 5.52 Å². The number of Topliss-reactive ketones (excluding diaryl/α,β-unsaturated/α-hetero) is 1. The van der Waals surface area contributed by atoms with Crippen molar-refractivity contribution in [2.24, 2.45) is 11.3 Å². The molecule has 0 saturated heterocycles. The third kappa shape index (κ3) is 3.66. The van der Waals surface area contributed by atoms with Gasteiger partial charge in [0.25, 0.3) is 0 Å². The van der Waals surface area contributed by atoms with E-state index in [0.29, 0.717) is 12.3 Å². The molecule has 2 rings (SSSR count). The molecule has 1 aromatic heterocycles. The Bertz CT molecular complexity index is 605. The lowest BCUT2D eigenvalue weighted by Gasteiger charge is -2.22. The molecule has 0 saturated carbocycles. The number of para-hydroxylation sites is 1. The summed E-state index contributed by atoms with van der Waals surface area (Å²) in [5.41, 5.74) is 1.84. The summed E-state index contributed by atoms with van der Waals surface area (Å²) in [4.78, 5) is 16.9. The van der Waals surface area contributed by atoms with Gasteiger partial charge in [-0.25, -0.2) is 0 Å². The van der Waals surface area contributed by atoms with Crippen LogP contribution in [0.3, 0.4) is 0 Å². The molecule has 0 N–H and O–H groups in total. The normalized spacial score (nSPS) is 13.4. The first-order valence-electron chi connectivity index (χ1n) is 7.24. The number of benzene rings is 1. The Morgan fingerprint density at radius 2 is 1.90 bits per heavy atom. The van der Waals surface area contributed by atoms with Gasteiger partial charge in [-0.15, -0.1) is 0 Å². The summed E-state index contributed by atoms with van der Waals surface area (Å²) in [5.74, 6) is 0.590. The minimum atomic E-state index is 0.200. The third-order valence-electron chi connectivity index (χ3n) is 3.43. The van der Waals surface area contributed by atoms with Crippen molar-refractivity contribution in [1.29, 1.82) is 0 Å². The molecule has 2 heteroatoms. The first kappa shape index (κ1) is 14.7. The van der Waals surface area contributed by atoms with E-state index in [9.17, 15) is 4.79 Å². The number of ketones is 1. The molecular formula is C18H23NO. The lowest BCUT2D eigenvalue weighted by atomic mass is 9.83. The van der Waals surface area contributed by atoms with Crippen molar-refractivity contribution < 1.29 is 4.79 Å². The summed E-state index contributed by atoms with van der Waals surface area (Å²) in [6, 6.07) is 9.72. The van der Waals surface area contributed by atoms with Gasteiger partial charge in [0, 0.05) is 23.6 Å². The molecule has 1 heterocycles. The zero-order valence-electron chi connectivity index (χ0n) is 12.8. The van der Waals surface area contributed by atoms with Crippen molar-refractivity contribution in [1.82, 2.24) is 4.98 Å². The van der Waals surface area contributed by atoms with Crippen LogP contribution in [0.25, 0.3) is 10.9 Å². The fraction of sp³-hybridized carbons (Fsp3) is 0.444. The number of hydrogen-bond acceptors (Lipinski definition) is 2. The fourth-order valence-corrected chi connectivity index (χ4v) is 2.87. The molecule has 0 fully saturated rings. The number of fused-ring (bicyclic) bond motifs is 1. The summed E-state index contributed by atoms with van der Waals surface area (Å²) in [5, 5.41) is 1.03. The van der Waals surface area contributed by atoms with E-state index >= 15 is 0 Å². The van der Waals surface area contributed by atoms with Gasteiger partial charge in [-0.05, 0) is 29.9 Å². The van der Waals surface area contributed by atoms with Crippen LogP contribution in [0.1, 0.15) is 50.9 Å². The second-order valence-electron chi connectivity index (χ2n) is 6.88. The summed E-state index contributed by atoms with van der Waals surface area (Å²) in [6.07, 6.45) is 3.39. The van der Waals surface area contributed by atoms with Crippen LogP contribution in [-0.2, 0) is 0 Å². The molecule has 0 bridgehead atoms. The number of rotatable bonds is 4. The molecule has 20 heavy (non-hydrogen) atoms. The lowest BCUT2D eigenvalue weighted by Crippen LogP contribution is -2.14. The zero-order chi connectivity index (χ0) is 14.8. The molecule has 106 valence electrons. The maximum Gasteiger partial charge on any atom is 0.165 e. The van der Waals surface area contributed by atoms with Crippen LogP contribution < -0.4 is 0 Å². The van der Waals surface area contributed by atoms with Crippen molar-refractivity contribution in [3.63, 3.8) is 0 Å². The molecule has 0 amide bonds. The molecule has 0 spiro atoms. The molecule has 0 aliphatic rings. The predicted octanol–water partition coefficient (Wildman–Crippen LogP) is 4.88. The smallest absolute Gasteiger partial charge is 0.165 e. The van der Waals surface area contributed by atoms with E-state index in [1.807, 2.05) is 30.3 Å². The molecular weight excluding hydrogens is 246 g/mol. The highest BCUT2D eigenvalue weighted by atomic mass is 16.1. The average Bonchev–Trinajstić information content (AvgIpc) is 2.35. The molecule has 2 aromatic rings. The van der Waals surface area contributed by atoms with Crippen LogP contribution in [0.15, 0.2) is 36.5 Å². The van der Waals surface area contributed by atoms with Crippen molar-refractivity contribution in [2.75, 3.05) is 0 Å². The van der Waals surface area contributed by atoms with E-state index in [-0.39, 0.29) is 11.2 Å². The second kappa shape index (κ2) is 5.74. The number of carbonyl (C=O) groups excluding carboxylic acids is 1. The van der Waals surface area contributed by atoms with Gasteiger partial charge in [0.2, 0.25) is 0 Å². The highest BCUT2D eigenvalue weighted by molar-refractivity contribution is 6.06. The van der Waals surface area contributed by atoms with Crippen molar-refractivity contribution in [3.05, 3.63) is 42.1 Å². The van der Waals surface area contributed by atoms with Gasteiger partial charge in [-0.3, -0.25) is 9.78 Å². The lowest BCUT2D eigenvalue weighted by molar-refractivity contribution is 0.0956. The molecule has 2 nitrogen and oxygen atoms in total. The van der Waals surface area contributed by atoms with Crippen LogP contribution >= 0.6 is 0 Å². The maximum atomic E-state index is 12.5. The average molecular weight is 269 g/mol. The number of carbonyl (C=O) groups is 1. The Labute approximate surface area is 121 Å². The Balaban J connectivity index is 2.20. The number of aromatic nitrogens is 1. The van der Waals surface area contributed by atoms with Gasteiger partial charge in [0.1, 0.15) is 0 Å². The van der Waals surface area contributed by atoms with Gasteiger partial charge >= 0.3 is 0 Å². The standard InChI is InChI=1S/C18H23NO/c1-13(12-18(2,3)4)11-16(20)15-9-5-7-14-8-6-10-19-17(14)15/h5-10,13H,11-12H2,1-4H3. The minimum absolute atomic E-state index is 0.200. The summed E-state index contributed by atoms with van der Waals surface area (Å²) < 4.78 is 0. The number of nitrogens with zero attached hydrogens (tertiary/aromatic N) is 1. The van der Waals surface area contributed by atoms with Gasteiger partial charge in [0.15, 0.2) is 5.78 Å². The molecule has 1 unspecified atom stereocenters. The molecule has 0 aliphatic heterocycles. The Morgan fingerprint density at radius 1 is 1.20 bits per heavy atom. The topological polar surface area (TPSA) is 30.0 Å². The van der Waals surface area contributed by atoms with E-state index in [0.717, 1.165) is 22.9 Å². The van der Waals surface area contributed by atoms with Crippen LogP contribution in [0.2, 0.25) is 0 Å². The summed E-state index contributed by atoms with van der Waals surface area (Å²) >= 11 is 0. The largest absolute Gasteiger partial charge is 0.294 e. The first-order valence-corrected chi connectivity index (χ1v) is 7.24. The second-order valence-corrected chi connectivity index (χ2v) is 6.88. The molecule has 0 aliphatic carbocycles. The SMILES string of the molecule is CC(CC(=O)c1cccc2cccnc12)CC(C)(C)C. The van der Waals surface area contributed by atoms with E-state index in [1.54, 1.807) is 6.20 Å². The Kier molecular flexibility index (Phi) is 4.22. The summed E-state index contributed by atoms with van der Waals surface area (Å²) in [7, 11) is 0. The maximum absolute atomic E-state index is 12.5. The van der Waals surface area contributed by atoms with Crippen molar-refractivity contribution in [3.8, 4) is 0 Å². The van der Waals surface area contributed by atoms with E-state index in [1.165, 1.54) is 0 Å². The van der Waals surface area contributed by atoms with Gasteiger partial charge in [-0.2, -0.15) is 0 Å². The van der Waals surface area contributed by atoms with Crippen LogP contribution in [0, 0.1) is 11.3 Å². The van der Waals surface area contributed by atoms with E-state index < -0.39 is 0 Å². The molecule has 1 atom stereocenters. The van der Waals surface area contributed by atoms with E-state index in [4.69, 9.17) is 0 Å². The Hall–Kier alpha value is -1.70. The van der Waals surface area contributed by atoms with Crippen molar-refractivity contribution >= 4 is 16.7 Å². The van der Waals surface area contributed by atoms with E-state index in [2.05, 4.69) is 32.7 Å². The van der Waals surface area contributed by atoms with Crippen molar-refractivity contribution in [2.45, 2.75) is 40.5 Å². The predicted molar refractivity (Wildman–Crippen MR) is 83.9 cm³/mol. The fourth-order valence-electron chi connectivity index (χ4n) is 2.87. The van der Waals surface area contributed by atoms with Crippen LogP contribution in [0.4, 0.5) is 0 Å². The Morgan fingerprint density at radius 3 is 2.60 bits per heavy atom. The van der Waals surface area contributed by atoms with Gasteiger partial charge in [-0.1, -0.05) is 45.9 Å². The van der Waals surface area contributed by atoms with Crippen LogP contribution in [0.5, 0.6) is 0 Å².